The third-order valence-electron chi connectivity index (χ3n) is 5.89. The topological polar surface area (TPSA) is 92.8 Å². The van der Waals surface area contributed by atoms with Crippen LogP contribution in [-0.2, 0) is 9.59 Å². The number of rotatable bonds is 9. The van der Waals surface area contributed by atoms with Crippen LogP contribution in [0.1, 0.15) is 72.2 Å². The summed E-state index contributed by atoms with van der Waals surface area (Å²) in [6.07, 6.45) is 1.31. The molecule has 1 aliphatic heterocycles. The van der Waals surface area contributed by atoms with E-state index in [4.69, 9.17) is 4.74 Å². The van der Waals surface area contributed by atoms with Crippen molar-refractivity contribution >= 4 is 36.3 Å². The molecule has 2 unspecified atom stereocenters. The Hall–Kier alpha value is -3.13. The number of methoxy groups -OCH3 is 1. The largest absolute Gasteiger partial charge is 0.497 e. The minimum absolute atomic E-state index is 0.187. The van der Waals surface area contributed by atoms with Crippen molar-refractivity contribution in [3.63, 3.8) is 0 Å². The molecule has 1 heterocycles. The van der Waals surface area contributed by atoms with Gasteiger partial charge >= 0.3 is 0 Å². The molecular formula is C26H30N2O5S. The highest BCUT2D eigenvalue weighted by Crippen LogP contribution is 2.31. The molecule has 0 saturated heterocycles. The lowest BCUT2D eigenvalue weighted by Crippen LogP contribution is -2.51. The average Bonchev–Trinajstić information content (AvgIpc) is 3.06. The lowest BCUT2D eigenvalue weighted by Gasteiger charge is -2.26. The maximum Gasteiger partial charge on any atom is 0.263 e. The molecule has 0 saturated carbocycles. The Morgan fingerprint density at radius 1 is 1.03 bits per heavy atom. The molecule has 2 aromatic carbocycles. The maximum absolute atomic E-state index is 13.3. The number of fused-ring (bicyclic) bond motifs is 1. The van der Waals surface area contributed by atoms with E-state index < -0.39 is 35.6 Å². The minimum Gasteiger partial charge on any atom is -0.497 e. The third kappa shape index (κ3) is 5.17. The van der Waals surface area contributed by atoms with Crippen LogP contribution in [0.2, 0.25) is 0 Å². The maximum atomic E-state index is 13.3. The summed E-state index contributed by atoms with van der Waals surface area (Å²) in [7, 11) is 1.57. The molecule has 2 aromatic rings. The zero-order chi connectivity index (χ0) is 25.0. The first-order chi connectivity index (χ1) is 16.2. The normalized spacial score (nSPS) is 14.7. The van der Waals surface area contributed by atoms with Gasteiger partial charge in [0.25, 0.3) is 11.8 Å². The highest BCUT2D eigenvalue weighted by molar-refractivity contribution is 7.80. The lowest BCUT2D eigenvalue weighted by atomic mass is 9.89. The van der Waals surface area contributed by atoms with Gasteiger partial charge in [-0.1, -0.05) is 45.4 Å². The average molecular weight is 483 g/mol. The van der Waals surface area contributed by atoms with Crippen molar-refractivity contribution in [3.05, 3.63) is 59.2 Å². The van der Waals surface area contributed by atoms with Gasteiger partial charge in [0.2, 0.25) is 11.8 Å². The molecule has 0 bridgehead atoms. The smallest absolute Gasteiger partial charge is 0.263 e. The number of carbonyl (C=O) groups excluding carboxylic acids is 4. The van der Waals surface area contributed by atoms with Gasteiger partial charge in [-0.05, 0) is 48.6 Å². The monoisotopic (exact) mass is 482 g/mol. The summed E-state index contributed by atoms with van der Waals surface area (Å²) in [4.78, 5) is 53.9. The van der Waals surface area contributed by atoms with Gasteiger partial charge in [-0.15, -0.1) is 12.6 Å². The number of ether oxygens (including phenoxy) is 1. The Kier molecular flexibility index (Phi) is 8.15. The Morgan fingerprint density at radius 2 is 1.71 bits per heavy atom. The van der Waals surface area contributed by atoms with Gasteiger partial charge in [-0.25, -0.2) is 0 Å². The van der Waals surface area contributed by atoms with Gasteiger partial charge in [0.05, 0.1) is 24.2 Å². The number of nitrogens with one attached hydrogen (secondary N) is 1. The molecular weight excluding hydrogens is 452 g/mol. The molecule has 2 atom stereocenters. The second kappa shape index (κ2) is 10.9. The van der Waals surface area contributed by atoms with E-state index in [2.05, 4.69) is 17.9 Å². The van der Waals surface area contributed by atoms with E-state index in [-0.39, 0.29) is 23.5 Å². The Morgan fingerprint density at radius 3 is 2.26 bits per heavy atom. The number of nitrogens with zero attached hydrogens (tertiary/aromatic N) is 1. The highest BCUT2D eigenvalue weighted by Gasteiger charge is 2.43. The first kappa shape index (κ1) is 25.5. The Labute approximate surface area is 205 Å². The summed E-state index contributed by atoms with van der Waals surface area (Å²) < 4.78 is 5.20. The van der Waals surface area contributed by atoms with Crippen LogP contribution in [0.3, 0.4) is 0 Å². The third-order valence-corrected chi connectivity index (χ3v) is 6.26. The van der Waals surface area contributed by atoms with E-state index in [1.807, 2.05) is 20.8 Å². The number of benzene rings is 2. The van der Waals surface area contributed by atoms with Crippen molar-refractivity contribution in [2.75, 3.05) is 7.11 Å². The zero-order valence-corrected chi connectivity index (χ0v) is 20.7. The van der Waals surface area contributed by atoms with Crippen molar-refractivity contribution < 1.29 is 23.9 Å². The van der Waals surface area contributed by atoms with E-state index in [1.54, 1.807) is 49.6 Å². The van der Waals surface area contributed by atoms with Gasteiger partial charge in [0.15, 0.2) is 0 Å². The number of thiol groups is 1. The predicted molar refractivity (Wildman–Crippen MR) is 131 cm³/mol. The van der Waals surface area contributed by atoms with Crippen LogP contribution in [0.25, 0.3) is 0 Å². The van der Waals surface area contributed by atoms with Crippen LogP contribution in [-0.4, -0.2) is 41.7 Å². The fourth-order valence-electron chi connectivity index (χ4n) is 4.21. The van der Waals surface area contributed by atoms with E-state index in [9.17, 15) is 19.2 Å². The fraction of sp³-hybridized carbons (Fsp3) is 0.385. The highest BCUT2D eigenvalue weighted by atomic mass is 32.1. The second-order valence-electron chi connectivity index (χ2n) is 8.79. The molecule has 0 aliphatic carbocycles. The summed E-state index contributed by atoms with van der Waals surface area (Å²) in [6.45, 7) is 5.85. The van der Waals surface area contributed by atoms with Crippen LogP contribution < -0.4 is 10.1 Å². The molecule has 1 aliphatic rings. The standard InChI is InChI=1S/C26H30N2O5S/c1-5-7-20(28-25(31)18-8-6-9-21(34)22(18)26(28)32)24(30)27-23(29)19(14-15(2)3)16-10-12-17(33-4)13-11-16/h6,8-13,15,19-20,34H,5,7,14H2,1-4H3,(H,27,29,30). The molecule has 34 heavy (non-hydrogen) atoms. The van der Waals surface area contributed by atoms with Crippen LogP contribution in [0.4, 0.5) is 0 Å². The van der Waals surface area contributed by atoms with E-state index >= 15 is 0 Å². The number of hydrogen-bond donors (Lipinski definition) is 2. The minimum atomic E-state index is -1.09. The fourth-order valence-corrected chi connectivity index (χ4v) is 4.52. The van der Waals surface area contributed by atoms with Crippen molar-refractivity contribution in [1.82, 2.24) is 10.2 Å². The quantitative estimate of drug-likeness (QED) is 0.412. The molecule has 0 fully saturated rings. The molecule has 3 rings (SSSR count). The first-order valence-corrected chi connectivity index (χ1v) is 11.8. The summed E-state index contributed by atoms with van der Waals surface area (Å²) >= 11 is 4.31. The van der Waals surface area contributed by atoms with Gasteiger partial charge in [-0.2, -0.15) is 0 Å². The number of hydrogen-bond acceptors (Lipinski definition) is 6. The van der Waals surface area contributed by atoms with E-state index in [0.717, 1.165) is 10.5 Å². The second-order valence-corrected chi connectivity index (χ2v) is 9.28. The molecule has 180 valence electrons. The molecule has 1 N–H and O–H groups in total. The van der Waals surface area contributed by atoms with Gasteiger partial charge in [-0.3, -0.25) is 29.4 Å². The summed E-state index contributed by atoms with van der Waals surface area (Å²) in [6, 6.07) is 10.9. The molecule has 0 spiro atoms. The van der Waals surface area contributed by atoms with Crippen molar-refractivity contribution in [1.29, 1.82) is 0 Å². The van der Waals surface area contributed by atoms with E-state index in [0.29, 0.717) is 23.5 Å². The van der Waals surface area contributed by atoms with Crippen LogP contribution in [0.15, 0.2) is 47.4 Å². The molecule has 8 heteroatoms. The Balaban J connectivity index is 1.85. The van der Waals surface area contributed by atoms with Crippen molar-refractivity contribution in [3.8, 4) is 5.75 Å². The predicted octanol–water partition coefficient (Wildman–Crippen LogP) is 4.22. The van der Waals surface area contributed by atoms with Crippen molar-refractivity contribution in [2.45, 2.75) is 56.9 Å². The van der Waals surface area contributed by atoms with E-state index in [1.165, 1.54) is 0 Å². The first-order valence-electron chi connectivity index (χ1n) is 11.4. The SMILES string of the molecule is CCCC(C(=O)NC(=O)C(CC(C)C)c1ccc(OC)cc1)N1C(=O)c2cccc(S)c2C1=O. The molecule has 4 amide bonds. The zero-order valence-electron chi connectivity index (χ0n) is 19.8. The Bertz CT molecular complexity index is 1100. The van der Waals surface area contributed by atoms with Crippen LogP contribution in [0, 0.1) is 5.92 Å². The van der Waals surface area contributed by atoms with Gasteiger partial charge in [0, 0.05) is 4.90 Å². The van der Waals surface area contributed by atoms with Crippen LogP contribution >= 0.6 is 12.6 Å². The molecule has 7 nitrogen and oxygen atoms in total. The molecule has 0 radical (unpaired) electrons. The van der Waals surface area contributed by atoms with Crippen molar-refractivity contribution in [2.24, 2.45) is 5.92 Å². The number of imide groups is 2. The number of carbonyl (C=O) groups is 4. The molecule has 0 aromatic heterocycles. The van der Waals surface area contributed by atoms with Crippen LogP contribution in [0.5, 0.6) is 5.75 Å². The summed E-state index contributed by atoms with van der Waals surface area (Å²) in [5, 5.41) is 2.48. The summed E-state index contributed by atoms with van der Waals surface area (Å²) in [5.74, 6) is -1.94. The summed E-state index contributed by atoms with van der Waals surface area (Å²) in [5.41, 5.74) is 1.16. The van der Waals surface area contributed by atoms with Gasteiger partial charge < -0.3 is 4.74 Å². The number of amides is 4. The van der Waals surface area contributed by atoms with Gasteiger partial charge in [0.1, 0.15) is 11.8 Å². The lowest BCUT2D eigenvalue weighted by molar-refractivity contribution is -0.134.